The molecule has 0 spiro atoms. The number of ether oxygens (including phenoxy) is 4. The molecule has 49 heavy (non-hydrogen) atoms. The fourth-order valence-electron chi connectivity index (χ4n) is 6.75. The lowest BCUT2D eigenvalue weighted by Gasteiger charge is -2.35. The van der Waals surface area contributed by atoms with Crippen molar-refractivity contribution in [2.24, 2.45) is 23.7 Å². The highest BCUT2D eigenvalue weighted by molar-refractivity contribution is 5.87. The van der Waals surface area contributed by atoms with Gasteiger partial charge >= 0.3 is 11.9 Å². The van der Waals surface area contributed by atoms with Crippen molar-refractivity contribution in [1.29, 1.82) is 0 Å². The van der Waals surface area contributed by atoms with E-state index in [-0.39, 0.29) is 38.6 Å². The number of hydrogen-bond donors (Lipinski definition) is 2. The lowest BCUT2D eigenvalue weighted by Crippen LogP contribution is -2.23. The van der Waals surface area contributed by atoms with Crippen LogP contribution >= 0.6 is 0 Å². The first-order valence-corrected chi connectivity index (χ1v) is 17.9. The van der Waals surface area contributed by atoms with E-state index in [1.54, 1.807) is 13.0 Å². The molecule has 266 valence electrons. The number of aliphatic hydroxyl groups excluding tert-OH is 2. The summed E-state index contributed by atoms with van der Waals surface area (Å²) in [5, 5.41) is 18.2. The smallest absolute Gasteiger partial charge is 0.335 e. The van der Waals surface area contributed by atoms with E-state index >= 15 is 0 Å². The molecule has 0 saturated heterocycles. The van der Waals surface area contributed by atoms with Gasteiger partial charge in [0.05, 0.1) is 24.7 Å². The third-order valence-electron chi connectivity index (χ3n) is 9.79. The molecular formula is C41H54O8. The molecule has 0 heterocycles. The summed E-state index contributed by atoms with van der Waals surface area (Å²) < 4.78 is 22.1. The van der Waals surface area contributed by atoms with Crippen LogP contribution in [0.5, 0.6) is 11.5 Å². The van der Waals surface area contributed by atoms with Crippen molar-refractivity contribution in [3.05, 3.63) is 78.4 Å². The van der Waals surface area contributed by atoms with E-state index in [0.29, 0.717) is 11.5 Å². The Hall–Kier alpha value is -3.88. The van der Waals surface area contributed by atoms with Crippen molar-refractivity contribution in [3.8, 4) is 22.6 Å². The predicted molar refractivity (Wildman–Crippen MR) is 192 cm³/mol. The van der Waals surface area contributed by atoms with Crippen LogP contribution in [0.2, 0.25) is 0 Å². The summed E-state index contributed by atoms with van der Waals surface area (Å²) in [6.07, 6.45) is 18.6. The fourth-order valence-corrected chi connectivity index (χ4v) is 6.75. The molecule has 0 aromatic heterocycles. The average molecular weight is 675 g/mol. The zero-order valence-electron chi connectivity index (χ0n) is 29.2. The molecule has 8 nitrogen and oxygen atoms in total. The van der Waals surface area contributed by atoms with Crippen LogP contribution in [0.3, 0.4) is 0 Å². The molecule has 2 aromatic rings. The van der Waals surface area contributed by atoms with Gasteiger partial charge in [-0.2, -0.15) is 0 Å². The molecule has 2 aliphatic rings. The molecule has 0 aliphatic heterocycles. The second-order valence-corrected chi connectivity index (χ2v) is 13.3. The number of carbonyl (C=O) groups excluding carboxylic acids is 2. The quantitative estimate of drug-likeness (QED) is 0.0716. The number of esters is 2. The Kier molecular flexibility index (Phi) is 15.4. The maximum absolute atomic E-state index is 11.9. The van der Waals surface area contributed by atoms with E-state index in [0.717, 1.165) is 35.3 Å². The summed E-state index contributed by atoms with van der Waals surface area (Å²) in [4.78, 5) is 23.7. The van der Waals surface area contributed by atoms with Crippen LogP contribution in [0, 0.1) is 23.7 Å². The highest BCUT2D eigenvalue weighted by atomic mass is 16.6. The number of rotatable bonds is 18. The minimum absolute atomic E-state index is 0.0138. The molecule has 0 amide bonds. The van der Waals surface area contributed by atoms with Crippen LogP contribution in [0.1, 0.15) is 77.2 Å². The molecule has 2 N–H and O–H groups in total. The molecule has 2 aliphatic carbocycles. The van der Waals surface area contributed by atoms with Gasteiger partial charge in [-0.3, -0.25) is 4.79 Å². The molecule has 1 fully saturated rings. The minimum Gasteiger partial charge on any atom is -0.490 e. The van der Waals surface area contributed by atoms with E-state index in [2.05, 4.69) is 56.0 Å². The zero-order valence-corrected chi connectivity index (χ0v) is 29.2. The lowest BCUT2D eigenvalue weighted by atomic mass is 9.70. The predicted octanol–water partition coefficient (Wildman–Crippen LogP) is 7.72. The summed E-state index contributed by atoms with van der Waals surface area (Å²) in [6.45, 7) is 6.67. The minimum atomic E-state index is -0.670. The van der Waals surface area contributed by atoms with Crippen molar-refractivity contribution >= 4 is 17.5 Å². The fraction of sp³-hybridized carbons (Fsp3) is 0.512. The Morgan fingerprint density at radius 3 is 2.10 bits per heavy atom. The van der Waals surface area contributed by atoms with Gasteiger partial charge in [-0.1, -0.05) is 61.9 Å². The molecule has 4 rings (SSSR count). The Balaban J connectivity index is 1.37. The van der Waals surface area contributed by atoms with Crippen LogP contribution in [0.4, 0.5) is 0 Å². The second-order valence-electron chi connectivity index (χ2n) is 13.3. The van der Waals surface area contributed by atoms with Crippen molar-refractivity contribution in [2.75, 3.05) is 39.6 Å². The Labute approximate surface area is 291 Å². The number of allylic oxidation sites excluding steroid dienone is 4. The molecule has 2 aromatic carbocycles. The van der Waals surface area contributed by atoms with E-state index in [1.807, 2.05) is 12.1 Å². The first-order chi connectivity index (χ1) is 23.8. The molecule has 8 heteroatoms. The Morgan fingerprint density at radius 1 is 0.857 bits per heavy atom. The molecule has 2 unspecified atom stereocenters. The van der Waals surface area contributed by atoms with Crippen molar-refractivity contribution in [1.82, 2.24) is 0 Å². The number of carbonyl (C=O) groups is 2. The Morgan fingerprint density at radius 2 is 1.51 bits per heavy atom. The first-order valence-electron chi connectivity index (χ1n) is 17.9. The van der Waals surface area contributed by atoms with Gasteiger partial charge < -0.3 is 29.2 Å². The standard InChI is InChI=1S/C41H54O8/c1-4-5-6-7-31-8-10-32(11-9-31)33-12-14-34(15-13-33)35-16-18-36(19-17-35)37-24-38(46-20-22-48-40(44)29(2)27-42)26-39(25-37)47-21-23-49-41(45)30(3)28-43/h4-5,14,16-19,24-26,30-33,42-43H,2,6-13,15,20-23,27-28H2,1,3H3/b5-4+. The van der Waals surface area contributed by atoms with E-state index in [9.17, 15) is 9.59 Å². The van der Waals surface area contributed by atoms with Crippen LogP contribution < -0.4 is 9.47 Å². The average Bonchev–Trinajstić information content (AvgIpc) is 3.14. The number of aliphatic hydroxyl groups is 2. The molecular weight excluding hydrogens is 620 g/mol. The van der Waals surface area contributed by atoms with Crippen LogP contribution in [0.25, 0.3) is 16.7 Å². The molecule has 1 saturated carbocycles. The number of benzene rings is 2. The van der Waals surface area contributed by atoms with Crippen LogP contribution in [-0.2, 0) is 19.1 Å². The van der Waals surface area contributed by atoms with Gasteiger partial charge in [-0.05, 0) is 111 Å². The topological polar surface area (TPSA) is 112 Å². The van der Waals surface area contributed by atoms with Gasteiger partial charge in [0.2, 0.25) is 0 Å². The lowest BCUT2D eigenvalue weighted by molar-refractivity contribution is -0.149. The van der Waals surface area contributed by atoms with E-state index in [1.165, 1.54) is 62.5 Å². The van der Waals surface area contributed by atoms with Crippen molar-refractivity contribution in [3.63, 3.8) is 0 Å². The van der Waals surface area contributed by atoms with Gasteiger partial charge in [0, 0.05) is 6.07 Å². The van der Waals surface area contributed by atoms with Crippen molar-refractivity contribution < 1.29 is 38.7 Å². The SMILES string of the molecule is C=C(CO)C(=O)OCCOc1cc(OCCOC(=O)C(C)CO)cc(-c2ccc(C3=CCC(C4CCC(CC/C=C/C)CC4)CC3)cc2)c1. The van der Waals surface area contributed by atoms with Gasteiger partial charge in [0.25, 0.3) is 0 Å². The zero-order chi connectivity index (χ0) is 35.0. The summed E-state index contributed by atoms with van der Waals surface area (Å²) >= 11 is 0. The third kappa shape index (κ3) is 11.9. The maximum atomic E-state index is 11.9. The van der Waals surface area contributed by atoms with Gasteiger partial charge in [0.1, 0.15) is 37.9 Å². The summed E-state index contributed by atoms with van der Waals surface area (Å²) in [7, 11) is 0. The molecule has 2 atom stereocenters. The van der Waals surface area contributed by atoms with E-state index in [4.69, 9.17) is 29.2 Å². The van der Waals surface area contributed by atoms with Gasteiger partial charge in [-0.25, -0.2) is 4.79 Å². The van der Waals surface area contributed by atoms with E-state index < -0.39 is 24.5 Å². The largest absolute Gasteiger partial charge is 0.490 e. The normalized spacial score (nSPS) is 19.9. The molecule has 0 radical (unpaired) electrons. The molecule has 0 bridgehead atoms. The monoisotopic (exact) mass is 674 g/mol. The highest BCUT2D eigenvalue weighted by Gasteiger charge is 2.28. The summed E-state index contributed by atoms with van der Waals surface area (Å²) in [5.74, 6) is 1.88. The second kappa shape index (κ2) is 20.0. The van der Waals surface area contributed by atoms with Crippen molar-refractivity contribution in [2.45, 2.75) is 71.6 Å². The van der Waals surface area contributed by atoms with Gasteiger partial charge in [0.15, 0.2) is 0 Å². The summed E-state index contributed by atoms with van der Waals surface area (Å²) in [6, 6.07) is 14.1. The highest BCUT2D eigenvalue weighted by Crippen LogP contribution is 2.42. The summed E-state index contributed by atoms with van der Waals surface area (Å²) in [5.41, 5.74) is 4.53. The third-order valence-corrected chi connectivity index (χ3v) is 9.79. The number of hydrogen-bond acceptors (Lipinski definition) is 8. The Bertz CT molecular complexity index is 1420. The first kappa shape index (κ1) is 37.9. The van der Waals surface area contributed by atoms with Crippen LogP contribution in [-0.4, -0.2) is 61.8 Å². The maximum Gasteiger partial charge on any atom is 0.335 e. The van der Waals surface area contributed by atoms with Crippen LogP contribution in [0.15, 0.2) is 72.8 Å². The van der Waals surface area contributed by atoms with Gasteiger partial charge in [-0.15, -0.1) is 0 Å².